The maximum Gasteiger partial charge on any atom is 0.258 e. The Labute approximate surface area is 126 Å². The van der Waals surface area contributed by atoms with Crippen molar-refractivity contribution in [1.29, 1.82) is 0 Å². The van der Waals surface area contributed by atoms with Crippen LogP contribution in [0.2, 0.25) is 0 Å². The number of hydrogen-bond donors (Lipinski definition) is 2. The number of nitrogens with one attached hydrogen (secondary N) is 2. The first-order valence-corrected chi connectivity index (χ1v) is 9.18. The van der Waals surface area contributed by atoms with E-state index in [0.717, 1.165) is 37.8 Å². The lowest BCUT2D eigenvalue weighted by atomic mass is 10.0. The molecule has 0 atom stereocenters. The average Bonchev–Trinajstić information content (AvgIpc) is 3.18. The molecule has 2 fully saturated rings. The highest BCUT2D eigenvalue weighted by Gasteiger charge is 2.34. The minimum atomic E-state index is -3.52. The van der Waals surface area contributed by atoms with E-state index in [1.165, 1.54) is 12.8 Å². The number of sulfonamides is 1. The Bertz CT molecular complexity index is 588. The smallest absolute Gasteiger partial charge is 0.258 e. The van der Waals surface area contributed by atoms with E-state index in [1.54, 1.807) is 12.3 Å². The van der Waals surface area contributed by atoms with Crippen molar-refractivity contribution in [3.05, 3.63) is 23.9 Å². The second kappa shape index (κ2) is 5.66. The van der Waals surface area contributed by atoms with Crippen LogP contribution in [-0.2, 0) is 16.6 Å². The van der Waals surface area contributed by atoms with E-state index in [2.05, 4.69) is 15.0 Å². The molecule has 6 heteroatoms. The fourth-order valence-electron chi connectivity index (χ4n) is 2.86. The van der Waals surface area contributed by atoms with Gasteiger partial charge in [-0.1, -0.05) is 18.9 Å². The topological polar surface area (TPSA) is 71.1 Å². The Morgan fingerprint density at radius 2 is 2.00 bits per heavy atom. The Balaban J connectivity index is 1.66. The molecule has 2 N–H and O–H groups in total. The van der Waals surface area contributed by atoms with E-state index in [9.17, 15) is 8.42 Å². The van der Waals surface area contributed by atoms with Crippen molar-refractivity contribution in [1.82, 2.24) is 15.0 Å². The van der Waals surface area contributed by atoms with Crippen LogP contribution in [0.3, 0.4) is 0 Å². The fourth-order valence-corrected chi connectivity index (χ4v) is 4.25. The zero-order valence-electron chi connectivity index (χ0n) is 12.4. The highest BCUT2D eigenvalue weighted by molar-refractivity contribution is 7.89. The van der Waals surface area contributed by atoms with Gasteiger partial charge >= 0.3 is 0 Å². The van der Waals surface area contributed by atoms with Gasteiger partial charge in [0.2, 0.25) is 0 Å². The van der Waals surface area contributed by atoms with Crippen molar-refractivity contribution < 1.29 is 8.42 Å². The lowest BCUT2D eigenvalue weighted by Gasteiger charge is -2.24. The lowest BCUT2D eigenvalue weighted by Crippen LogP contribution is -2.43. The summed E-state index contributed by atoms with van der Waals surface area (Å²) in [5.74, 6) is 0. The van der Waals surface area contributed by atoms with Crippen LogP contribution in [-0.4, -0.2) is 25.0 Å². The first-order chi connectivity index (χ1) is 9.97. The maximum absolute atomic E-state index is 12.4. The summed E-state index contributed by atoms with van der Waals surface area (Å²) in [6.07, 6.45) is 8.09. The summed E-state index contributed by atoms with van der Waals surface area (Å²) in [5, 5.41) is 3.51. The molecule has 2 saturated carbocycles. The number of nitrogens with zero attached hydrogens (tertiary/aromatic N) is 1. The number of pyridine rings is 1. The van der Waals surface area contributed by atoms with Gasteiger partial charge in [-0.15, -0.1) is 0 Å². The largest absolute Gasteiger partial charge is 0.310 e. The average molecular weight is 309 g/mol. The van der Waals surface area contributed by atoms with Crippen molar-refractivity contribution in [3.63, 3.8) is 0 Å². The number of aromatic nitrogens is 1. The van der Waals surface area contributed by atoms with Gasteiger partial charge in [-0.25, -0.2) is 18.1 Å². The summed E-state index contributed by atoms with van der Waals surface area (Å²) in [5.41, 5.74) is 0.708. The van der Waals surface area contributed by atoms with Gasteiger partial charge in [0.05, 0.1) is 0 Å². The third-order valence-corrected chi connectivity index (χ3v) is 5.89. The van der Waals surface area contributed by atoms with Gasteiger partial charge < -0.3 is 5.32 Å². The van der Waals surface area contributed by atoms with E-state index < -0.39 is 10.0 Å². The van der Waals surface area contributed by atoms with Crippen LogP contribution in [0, 0.1) is 0 Å². The molecule has 0 spiro atoms. The summed E-state index contributed by atoms with van der Waals surface area (Å²) in [6.45, 7) is 2.73. The molecule has 2 aliphatic carbocycles. The lowest BCUT2D eigenvalue weighted by molar-refractivity contribution is 0.426. The van der Waals surface area contributed by atoms with Crippen molar-refractivity contribution in [3.8, 4) is 0 Å². The standard InChI is InChI=1S/C15H23N3O2S/c1-15(8-2-3-9-15)18-21(19,20)14-7-4-12(11-17-14)10-16-13-5-6-13/h4,7,11,13,16,18H,2-3,5-6,8-10H2,1H3. The van der Waals surface area contributed by atoms with E-state index in [-0.39, 0.29) is 10.6 Å². The van der Waals surface area contributed by atoms with Gasteiger partial charge in [0.25, 0.3) is 10.0 Å². The minimum Gasteiger partial charge on any atom is -0.310 e. The molecule has 0 saturated heterocycles. The van der Waals surface area contributed by atoms with Crippen LogP contribution < -0.4 is 10.0 Å². The summed E-state index contributed by atoms with van der Waals surface area (Å²) in [4.78, 5) is 4.13. The Morgan fingerprint density at radius 3 is 2.57 bits per heavy atom. The van der Waals surface area contributed by atoms with Crippen LogP contribution in [0.15, 0.2) is 23.4 Å². The van der Waals surface area contributed by atoms with Crippen molar-refractivity contribution >= 4 is 10.0 Å². The van der Waals surface area contributed by atoms with Crippen LogP contribution in [0.25, 0.3) is 0 Å². The normalized spacial score (nSPS) is 21.6. The van der Waals surface area contributed by atoms with Crippen LogP contribution in [0.1, 0.15) is 51.0 Å². The fraction of sp³-hybridized carbons (Fsp3) is 0.667. The molecule has 1 aromatic rings. The van der Waals surface area contributed by atoms with E-state index in [4.69, 9.17) is 0 Å². The first kappa shape index (κ1) is 14.9. The number of rotatable bonds is 6. The maximum atomic E-state index is 12.4. The third kappa shape index (κ3) is 3.81. The van der Waals surface area contributed by atoms with E-state index in [1.807, 2.05) is 13.0 Å². The molecule has 21 heavy (non-hydrogen) atoms. The summed E-state index contributed by atoms with van der Waals surface area (Å²) in [7, 11) is -3.52. The molecule has 0 radical (unpaired) electrons. The monoisotopic (exact) mass is 309 g/mol. The predicted octanol–water partition coefficient (Wildman–Crippen LogP) is 1.94. The quantitative estimate of drug-likeness (QED) is 0.842. The second-order valence-corrected chi connectivity index (χ2v) is 8.16. The third-order valence-electron chi connectivity index (χ3n) is 4.33. The second-order valence-electron chi connectivity index (χ2n) is 6.53. The summed E-state index contributed by atoms with van der Waals surface area (Å²) >= 11 is 0. The zero-order chi connectivity index (χ0) is 14.9. The molecular weight excluding hydrogens is 286 g/mol. The molecule has 0 aliphatic heterocycles. The number of hydrogen-bond acceptors (Lipinski definition) is 4. The van der Waals surface area contributed by atoms with Crippen LogP contribution >= 0.6 is 0 Å². The molecule has 3 rings (SSSR count). The predicted molar refractivity (Wildman–Crippen MR) is 81.3 cm³/mol. The summed E-state index contributed by atoms with van der Waals surface area (Å²) < 4.78 is 27.6. The zero-order valence-corrected chi connectivity index (χ0v) is 13.2. The molecular formula is C15H23N3O2S. The van der Waals surface area contributed by atoms with Crippen LogP contribution in [0.5, 0.6) is 0 Å². The Kier molecular flexibility index (Phi) is 4.03. The van der Waals surface area contributed by atoms with E-state index >= 15 is 0 Å². The van der Waals surface area contributed by atoms with Gasteiger partial charge in [-0.05, 0) is 44.2 Å². The highest BCUT2D eigenvalue weighted by atomic mass is 32.2. The SMILES string of the molecule is CC1(NS(=O)(=O)c2ccc(CNC3CC3)cn2)CCCC1. The highest BCUT2D eigenvalue weighted by Crippen LogP contribution is 2.30. The molecule has 0 amide bonds. The van der Waals surface area contributed by atoms with Crippen molar-refractivity contribution in [2.45, 2.75) is 68.6 Å². The Morgan fingerprint density at radius 1 is 1.29 bits per heavy atom. The molecule has 116 valence electrons. The molecule has 2 aliphatic rings. The molecule has 0 unspecified atom stereocenters. The molecule has 0 bridgehead atoms. The molecule has 5 nitrogen and oxygen atoms in total. The van der Waals surface area contributed by atoms with Gasteiger partial charge in [0, 0.05) is 24.3 Å². The summed E-state index contributed by atoms with van der Waals surface area (Å²) in [6, 6.07) is 4.08. The van der Waals surface area contributed by atoms with Gasteiger partial charge in [-0.3, -0.25) is 0 Å². The Hall–Kier alpha value is -0.980. The van der Waals surface area contributed by atoms with Crippen LogP contribution in [0.4, 0.5) is 0 Å². The molecule has 1 aromatic heterocycles. The van der Waals surface area contributed by atoms with Gasteiger partial charge in [-0.2, -0.15) is 0 Å². The first-order valence-electron chi connectivity index (χ1n) is 7.69. The van der Waals surface area contributed by atoms with E-state index in [0.29, 0.717) is 6.04 Å². The van der Waals surface area contributed by atoms with Gasteiger partial charge in [0.15, 0.2) is 5.03 Å². The van der Waals surface area contributed by atoms with Crippen molar-refractivity contribution in [2.75, 3.05) is 0 Å². The molecule has 1 heterocycles. The molecule has 0 aromatic carbocycles. The van der Waals surface area contributed by atoms with Crippen molar-refractivity contribution in [2.24, 2.45) is 0 Å². The minimum absolute atomic E-state index is 0.116. The van der Waals surface area contributed by atoms with Gasteiger partial charge in [0.1, 0.15) is 0 Å².